The average Bonchev–Trinajstić information content (AvgIpc) is 2.93. The van der Waals surface area contributed by atoms with Gasteiger partial charge >= 0.3 is 5.97 Å². The van der Waals surface area contributed by atoms with Gasteiger partial charge in [0, 0.05) is 31.1 Å². The Labute approximate surface area is 149 Å². The summed E-state index contributed by atoms with van der Waals surface area (Å²) in [7, 11) is 1.65. The van der Waals surface area contributed by atoms with Gasteiger partial charge in [-0.15, -0.1) is 0 Å². The number of aromatic nitrogens is 2. The highest BCUT2D eigenvalue weighted by molar-refractivity contribution is 5.96. The highest BCUT2D eigenvalue weighted by Crippen LogP contribution is 2.36. The maximum Gasteiger partial charge on any atom is 0.356 e. The molecule has 0 radical (unpaired) electrons. The molecule has 3 N–H and O–H groups in total. The van der Waals surface area contributed by atoms with E-state index in [-0.39, 0.29) is 18.7 Å². The minimum absolute atomic E-state index is 0.0304. The molecule has 3 rings (SSSR count). The van der Waals surface area contributed by atoms with Gasteiger partial charge in [-0.2, -0.15) is 5.10 Å². The van der Waals surface area contributed by atoms with Crippen LogP contribution in [0.5, 0.6) is 17.2 Å². The molecular formula is C17H19N3O6. The van der Waals surface area contributed by atoms with Crippen LogP contribution in [0.3, 0.4) is 0 Å². The first-order chi connectivity index (χ1) is 12.3. The standard InChI is InChI=1S/C17H19N3O6/c1-3-26-17(25)14-10-8-20(5-4-11(10)18-19(14)2)16(24)9-6-12(21)15(23)13(22)7-9/h6-7,21-23H,3-5,8H2,1-2H3. The van der Waals surface area contributed by atoms with Gasteiger partial charge in [-0.25, -0.2) is 4.79 Å². The van der Waals surface area contributed by atoms with E-state index in [9.17, 15) is 24.9 Å². The van der Waals surface area contributed by atoms with Gasteiger partial charge in [0.05, 0.1) is 18.8 Å². The molecule has 1 amide bonds. The first-order valence-electron chi connectivity index (χ1n) is 8.09. The zero-order valence-corrected chi connectivity index (χ0v) is 14.4. The van der Waals surface area contributed by atoms with Crippen molar-refractivity contribution >= 4 is 11.9 Å². The Morgan fingerprint density at radius 2 is 1.88 bits per heavy atom. The van der Waals surface area contributed by atoms with Gasteiger partial charge in [0.15, 0.2) is 22.9 Å². The molecule has 138 valence electrons. The number of rotatable bonds is 3. The number of amides is 1. The minimum atomic E-state index is -0.681. The van der Waals surface area contributed by atoms with Crippen LogP contribution in [0.2, 0.25) is 0 Å². The number of carbonyl (C=O) groups excluding carboxylic acids is 2. The van der Waals surface area contributed by atoms with Crippen LogP contribution in [0.25, 0.3) is 0 Å². The van der Waals surface area contributed by atoms with Crippen molar-refractivity contribution in [2.45, 2.75) is 19.9 Å². The second-order valence-electron chi connectivity index (χ2n) is 5.96. The molecule has 1 aromatic carbocycles. The van der Waals surface area contributed by atoms with E-state index in [1.54, 1.807) is 14.0 Å². The lowest BCUT2D eigenvalue weighted by Crippen LogP contribution is -2.36. The van der Waals surface area contributed by atoms with Crippen LogP contribution in [0, 0.1) is 0 Å². The zero-order chi connectivity index (χ0) is 19.0. The molecule has 9 heteroatoms. The topological polar surface area (TPSA) is 125 Å². The number of fused-ring (bicyclic) bond motifs is 1. The monoisotopic (exact) mass is 361 g/mol. The third-order valence-corrected chi connectivity index (χ3v) is 4.27. The molecule has 0 unspecified atom stereocenters. The molecule has 2 heterocycles. The minimum Gasteiger partial charge on any atom is -0.504 e. The lowest BCUT2D eigenvalue weighted by molar-refractivity contribution is 0.0508. The summed E-state index contributed by atoms with van der Waals surface area (Å²) in [4.78, 5) is 26.4. The van der Waals surface area contributed by atoms with Gasteiger partial charge in [-0.3, -0.25) is 9.48 Å². The molecule has 0 saturated carbocycles. The lowest BCUT2D eigenvalue weighted by atomic mass is 10.0. The Kier molecular flexibility index (Phi) is 4.45. The lowest BCUT2D eigenvalue weighted by Gasteiger charge is -2.27. The number of aromatic hydroxyl groups is 3. The van der Waals surface area contributed by atoms with Crippen LogP contribution in [0.4, 0.5) is 0 Å². The summed E-state index contributed by atoms with van der Waals surface area (Å²) in [6.45, 7) is 2.46. The van der Waals surface area contributed by atoms with E-state index in [1.165, 1.54) is 9.58 Å². The van der Waals surface area contributed by atoms with E-state index in [4.69, 9.17) is 4.74 Å². The summed E-state index contributed by atoms with van der Waals surface area (Å²) in [5.41, 5.74) is 1.69. The van der Waals surface area contributed by atoms with Crippen molar-refractivity contribution in [1.29, 1.82) is 0 Å². The molecule has 1 aliphatic rings. The van der Waals surface area contributed by atoms with Gasteiger partial charge in [0.25, 0.3) is 5.91 Å². The maximum atomic E-state index is 12.7. The molecule has 0 atom stereocenters. The van der Waals surface area contributed by atoms with Crippen LogP contribution >= 0.6 is 0 Å². The first-order valence-corrected chi connectivity index (χ1v) is 8.09. The number of nitrogens with zero attached hydrogens (tertiary/aromatic N) is 3. The molecule has 0 bridgehead atoms. The molecular weight excluding hydrogens is 342 g/mol. The number of phenolic OH excluding ortho intramolecular Hbond substituents is 3. The summed E-state index contributed by atoms with van der Waals surface area (Å²) >= 11 is 0. The van der Waals surface area contributed by atoms with Crippen molar-refractivity contribution in [1.82, 2.24) is 14.7 Å². The molecule has 0 aliphatic carbocycles. The van der Waals surface area contributed by atoms with Crippen molar-refractivity contribution in [3.63, 3.8) is 0 Å². The molecule has 9 nitrogen and oxygen atoms in total. The van der Waals surface area contributed by atoms with Gasteiger partial charge in [0.2, 0.25) is 0 Å². The number of hydrogen-bond donors (Lipinski definition) is 3. The van der Waals surface area contributed by atoms with Gasteiger partial charge in [-0.05, 0) is 19.1 Å². The smallest absolute Gasteiger partial charge is 0.356 e. The number of benzene rings is 1. The third kappa shape index (κ3) is 2.92. The van der Waals surface area contributed by atoms with Crippen molar-refractivity contribution in [3.8, 4) is 17.2 Å². The van der Waals surface area contributed by atoms with E-state index in [0.29, 0.717) is 24.2 Å². The number of ether oxygens (including phenoxy) is 1. The van der Waals surface area contributed by atoms with Crippen LogP contribution < -0.4 is 0 Å². The summed E-state index contributed by atoms with van der Waals surface area (Å²) in [6.07, 6.45) is 0.463. The van der Waals surface area contributed by atoms with Crippen molar-refractivity contribution in [3.05, 3.63) is 34.6 Å². The third-order valence-electron chi connectivity index (χ3n) is 4.27. The maximum absolute atomic E-state index is 12.7. The van der Waals surface area contributed by atoms with Crippen molar-refractivity contribution < 1.29 is 29.6 Å². The number of phenols is 3. The fourth-order valence-corrected chi connectivity index (χ4v) is 3.04. The molecule has 0 saturated heterocycles. The van der Waals surface area contributed by atoms with Crippen LogP contribution in [-0.4, -0.2) is 55.0 Å². The van der Waals surface area contributed by atoms with E-state index < -0.39 is 29.1 Å². The van der Waals surface area contributed by atoms with Gasteiger partial charge in [0.1, 0.15) is 0 Å². The van der Waals surface area contributed by atoms with Crippen LogP contribution in [0.1, 0.15) is 39.0 Å². The largest absolute Gasteiger partial charge is 0.504 e. The van der Waals surface area contributed by atoms with Crippen LogP contribution in [0.15, 0.2) is 12.1 Å². The number of aryl methyl sites for hydroxylation is 1. The number of hydrogen-bond acceptors (Lipinski definition) is 7. The number of esters is 1. The summed E-state index contributed by atoms with van der Waals surface area (Å²) in [5.74, 6) is -2.79. The normalized spacial score (nSPS) is 13.4. The van der Waals surface area contributed by atoms with Crippen molar-refractivity contribution in [2.24, 2.45) is 7.05 Å². The highest BCUT2D eigenvalue weighted by atomic mass is 16.5. The molecule has 0 spiro atoms. The second kappa shape index (κ2) is 6.58. The van der Waals surface area contributed by atoms with Crippen LogP contribution in [-0.2, 0) is 24.8 Å². The number of carbonyl (C=O) groups is 2. The van der Waals surface area contributed by atoms with E-state index in [0.717, 1.165) is 17.8 Å². The Morgan fingerprint density at radius 1 is 1.23 bits per heavy atom. The SMILES string of the molecule is CCOC(=O)c1c2c(nn1C)CCN(C(=O)c1cc(O)c(O)c(O)c1)C2. The Hall–Kier alpha value is -3.23. The summed E-state index contributed by atoms with van der Waals surface area (Å²) in [5, 5.41) is 33.0. The highest BCUT2D eigenvalue weighted by Gasteiger charge is 2.30. The van der Waals surface area contributed by atoms with E-state index in [1.807, 2.05) is 0 Å². The molecule has 1 aromatic heterocycles. The predicted molar refractivity (Wildman–Crippen MR) is 89.0 cm³/mol. The van der Waals surface area contributed by atoms with E-state index in [2.05, 4.69) is 5.10 Å². The molecule has 2 aromatic rings. The Morgan fingerprint density at radius 3 is 2.50 bits per heavy atom. The van der Waals surface area contributed by atoms with Gasteiger partial charge < -0.3 is 25.0 Å². The zero-order valence-electron chi connectivity index (χ0n) is 14.4. The molecule has 0 fully saturated rings. The Bertz CT molecular complexity index is 866. The summed E-state index contributed by atoms with van der Waals surface area (Å²) in [6, 6.07) is 2.17. The first kappa shape index (κ1) is 17.6. The van der Waals surface area contributed by atoms with Gasteiger partial charge in [-0.1, -0.05) is 0 Å². The Balaban J connectivity index is 1.90. The fourth-order valence-electron chi connectivity index (χ4n) is 3.04. The predicted octanol–water partition coefficient (Wildman–Crippen LogP) is 0.912. The second-order valence-corrected chi connectivity index (χ2v) is 5.96. The average molecular weight is 361 g/mol. The fraction of sp³-hybridized carbons (Fsp3) is 0.353. The summed E-state index contributed by atoms with van der Waals surface area (Å²) < 4.78 is 6.51. The van der Waals surface area contributed by atoms with E-state index >= 15 is 0 Å². The van der Waals surface area contributed by atoms with Crippen molar-refractivity contribution in [2.75, 3.05) is 13.2 Å². The molecule has 26 heavy (non-hydrogen) atoms. The quantitative estimate of drug-likeness (QED) is 0.548. The molecule has 1 aliphatic heterocycles.